The average molecular weight is 195 g/mol. The van der Waals surface area contributed by atoms with Gasteiger partial charge in [0.15, 0.2) is 0 Å². The van der Waals surface area contributed by atoms with Gasteiger partial charge in [0, 0.05) is 6.07 Å². The molecular weight excluding hydrogens is 189 g/mol. The highest BCUT2D eigenvalue weighted by Crippen LogP contribution is 2.20. The Hall–Kier alpha value is -2.09. The van der Waals surface area contributed by atoms with Crippen LogP contribution in [0.15, 0.2) is 12.1 Å². The normalized spacial score (nSPS) is 9.21. The number of hydrogen-bond acceptors (Lipinski definition) is 4. The zero-order valence-corrected chi connectivity index (χ0v) is 7.24. The first-order valence-corrected chi connectivity index (χ1v) is 3.61. The predicted molar refractivity (Wildman–Crippen MR) is 44.1 cm³/mol. The standard InChI is InChI=1S/C9H6FNO3/c1-14-9(13)8-5(4-11)2-6(12)3-7(8)10/h2-3,12H,1H3. The van der Waals surface area contributed by atoms with Gasteiger partial charge in [0.05, 0.1) is 12.7 Å². The Morgan fingerprint density at radius 1 is 1.64 bits per heavy atom. The molecule has 0 aliphatic heterocycles. The van der Waals surface area contributed by atoms with Gasteiger partial charge < -0.3 is 9.84 Å². The highest BCUT2D eigenvalue weighted by molar-refractivity contribution is 5.92. The zero-order chi connectivity index (χ0) is 10.7. The number of carbonyl (C=O) groups is 1. The van der Waals surface area contributed by atoms with Crippen molar-refractivity contribution in [3.63, 3.8) is 0 Å². The van der Waals surface area contributed by atoms with E-state index < -0.39 is 23.1 Å². The number of methoxy groups -OCH3 is 1. The molecule has 0 amide bonds. The third kappa shape index (κ3) is 1.64. The van der Waals surface area contributed by atoms with Gasteiger partial charge in [0.1, 0.15) is 23.2 Å². The number of hydrogen-bond donors (Lipinski definition) is 1. The molecule has 5 heteroatoms. The number of phenols is 1. The third-order valence-corrected chi connectivity index (χ3v) is 1.58. The maximum absolute atomic E-state index is 13.1. The van der Waals surface area contributed by atoms with Gasteiger partial charge in [-0.1, -0.05) is 0 Å². The van der Waals surface area contributed by atoms with Gasteiger partial charge in [-0.3, -0.25) is 0 Å². The molecule has 14 heavy (non-hydrogen) atoms. The monoisotopic (exact) mass is 195 g/mol. The van der Waals surface area contributed by atoms with Crippen molar-refractivity contribution in [2.75, 3.05) is 7.11 Å². The molecule has 1 N–H and O–H groups in total. The molecule has 0 aliphatic rings. The minimum absolute atomic E-state index is 0.255. The Morgan fingerprint density at radius 3 is 2.79 bits per heavy atom. The Morgan fingerprint density at radius 2 is 2.29 bits per heavy atom. The van der Waals surface area contributed by atoms with E-state index in [0.717, 1.165) is 19.2 Å². The Labute approximate surface area is 79.2 Å². The molecule has 1 rings (SSSR count). The van der Waals surface area contributed by atoms with E-state index in [9.17, 15) is 9.18 Å². The fraction of sp³-hybridized carbons (Fsp3) is 0.111. The van der Waals surface area contributed by atoms with E-state index in [-0.39, 0.29) is 5.56 Å². The summed E-state index contributed by atoms with van der Waals surface area (Å²) in [5, 5.41) is 17.5. The summed E-state index contributed by atoms with van der Waals surface area (Å²) >= 11 is 0. The van der Waals surface area contributed by atoms with Crippen LogP contribution in [-0.2, 0) is 4.74 Å². The van der Waals surface area contributed by atoms with Gasteiger partial charge in [0.25, 0.3) is 0 Å². The summed E-state index contributed by atoms with van der Waals surface area (Å²) in [6, 6.07) is 3.33. The molecule has 1 aromatic carbocycles. The first-order chi connectivity index (χ1) is 6.60. The average Bonchev–Trinajstić information content (AvgIpc) is 2.15. The maximum Gasteiger partial charge on any atom is 0.342 e. The molecule has 0 atom stereocenters. The van der Waals surface area contributed by atoms with Crippen LogP contribution >= 0.6 is 0 Å². The van der Waals surface area contributed by atoms with Crippen LogP contribution in [0.1, 0.15) is 15.9 Å². The molecule has 0 aromatic heterocycles. The van der Waals surface area contributed by atoms with Crippen LogP contribution < -0.4 is 0 Å². The van der Waals surface area contributed by atoms with Crippen molar-refractivity contribution < 1.29 is 19.0 Å². The largest absolute Gasteiger partial charge is 0.508 e. The molecule has 0 unspecified atom stereocenters. The van der Waals surface area contributed by atoms with Crippen molar-refractivity contribution >= 4 is 5.97 Å². The molecule has 0 heterocycles. The van der Waals surface area contributed by atoms with E-state index >= 15 is 0 Å². The lowest BCUT2D eigenvalue weighted by molar-refractivity contribution is 0.0595. The van der Waals surface area contributed by atoms with Crippen LogP contribution in [0, 0.1) is 17.1 Å². The molecule has 0 radical (unpaired) electrons. The van der Waals surface area contributed by atoms with E-state index in [0.29, 0.717) is 0 Å². The molecule has 0 saturated heterocycles. The molecule has 72 valence electrons. The quantitative estimate of drug-likeness (QED) is 0.683. The predicted octanol–water partition coefficient (Wildman–Crippen LogP) is 1.19. The molecule has 4 nitrogen and oxygen atoms in total. The number of phenolic OH excluding ortho intramolecular Hbond substituents is 1. The Bertz CT molecular complexity index is 423. The van der Waals surface area contributed by atoms with Gasteiger partial charge >= 0.3 is 5.97 Å². The summed E-state index contributed by atoms with van der Waals surface area (Å²) in [7, 11) is 1.08. The fourth-order valence-electron chi connectivity index (χ4n) is 0.990. The highest BCUT2D eigenvalue weighted by Gasteiger charge is 2.18. The van der Waals surface area contributed by atoms with E-state index in [1.54, 1.807) is 6.07 Å². The first-order valence-electron chi connectivity index (χ1n) is 3.61. The van der Waals surface area contributed by atoms with E-state index in [1.165, 1.54) is 0 Å². The molecular formula is C9H6FNO3. The number of esters is 1. The van der Waals surface area contributed by atoms with Gasteiger partial charge in [-0.15, -0.1) is 0 Å². The summed E-state index contributed by atoms with van der Waals surface area (Å²) in [5.74, 6) is -2.33. The second-order valence-electron chi connectivity index (χ2n) is 2.45. The number of benzene rings is 1. The van der Waals surface area contributed by atoms with Crippen LogP contribution in [0.25, 0.3) is 0 Å². The maximum atomic E-state index is 13.1. The minimum atomic E-state index is -0.978. The van der Waals surface area contributed by atoms with Crippen molar-refractivity contribution in [1.29, 1.82) is 5.26 Å². The van der Waals surface area contributed by atoms with Crippen LogP contribution in [0.4, 0.5) is 4.39 Å². The van der Waals surface area contributed by atoms with Gasteiger partial charge in [-0.05, 0) is 6.07 Å². The number of nitrogens with zero attached hydrogens (tertiary/aromatic N) is 1. The summed E-state index contributed by atoms with van der Waals surface area (Å²) in [4.78, 5) is 11.0. The van der Waals surface area contributed by atoms with Crippen LogP contribution in [0.2, 0.25) is 0 Å². The zero-order valence-electron chi connectivity index (χ0n) is 7.24. The van der Waals surface area contributed by atoms with Crippen molar-refractivity contribution in [3.05, 3.63) is 29.1 Å². The van der Waals surface area contributed by atoms with E-state index in [1.807, 2.05) is 0 Å². The number of ether oxygens (including phenoxy) is 1. The van der Waals surface area contributed by atoms with Crippen molar-refractivity contribution in [2.45, 2.75) is 0 Å². The van der Waals surface area contributed by atoms with Crippen molar-refractivity contribution in [1.82, 2.24) is 0 Å². The van der Waals surface area contributed by atoms with E-state index in [4.69, 9.17) is 10.4 Å². The third-order valence-electron chi connectivity index (χ3n) is 1.58. The number of halogens is 1. The molecule has 0 aliphatic carbocycles. The van der Waals surface area contributed by atoms with Crippen molar-refractivity contribution in [2.24, 2.45) is 0 Å². The van der Waals surface area contributed by atoms with Gasteiger partial charge in [0.2, 0.25) is 0 Å². The van der Waals surface area contributed by atoms with Gasteiger partial charge in [-0.25, -0.2) is 9.18 Å². The minimum Gasteiger partial charge on any atom is -0.508 e. The highest BCUT2D eigenvalue weighted by atomic mass is 19.1. The van der Waals surface area contributed by atoms with Crippen LogP contribution in [0.5, 0.6) is 5.75 Å². The van der Waals surface area contributed by atoms with Crippen LogP contribution in [0.3, 0.4) is 0 Å². The molecule has 0 saturated carbocycles. The lowest BCUT2D eigenvalue weighted by Crippen LogP contribution is -2.07. The SMILES string of the molecule is COC(=O)c1c(F)cc(O)cc1C#N. The van der Waals surface area contributed by atoms with E-state index in [2.05, 4.69) is 4.74 Å². The summed E-state index contributed by atoms with van der Waals surface area (Å²) in [5.41, 5.74) is -0.720. The first kappa shape index (κ1) is 9.99. The number of carbonyl (C=O) groups excluding carboxylic acids is 1. The lowest BCUT2D eigenvalue weighted by atomic mass is 10.1. The smallest absolute Gasteiger partial charge is 0.342 e. The van der Waals surface area contributed by atoms with Gasteiger partial charge in [-0.2, -0.15) is 5.26 Å². The topological polar surface area (TPSA) is 70.3 Å². The van der Waals surface area contributed by atoms with Crippen molar-refractivity contribution in [3.8, 4) is 11.8 Å². The molecule has 0 fully saturated rings. The second-order valence-corrected chi connectivity index (χ2v) is 2.45. The number of aromatic hydroxyl groups is 1. The Balaban J connectivity index is 3.42. The van der Waals surface area contributed by atoms with Crippen LogP contribution in [-0.4, -0.2) is 18.2 Å². The summed E-state index contributed by atoms with van der Waals surface area (Å²) < 4.78 is 17.4. The Kier molecular flexibility index (Phi) is 2.67. The summed E-state index contributed by atoms with van der Waals surface area (Å²) in [6.07, 6.45) is 0. The molecule has 0 bridgehead atoms. The number of nitriles is 1. The second kappa shape index (κ2) is 3.75. The molecule has 0 spiro atoms. The lowest BCUT2D eigenvalue weighted by Gasteiger charge is -2.03. The summed E-state index contributed by atoms with van der Waals surface area (Å²) in [6.45, 7) is 0. The fourth-order valence-corrected chi connectivity index (χ4v) is 0.990. The molecule has 1 aromatic rings. The number of rotatable bonds is 1.